The van der Waals surface area contributed by atoms with Crippen LogP contribution < -0.4 is 11.2 Å². The number of carbonyl (C=O) groups is 1. The minimum Gasteiger partial charge on any atom is -0.303 e. The van der Waals surface area contributed by atoms with E-state index in [9.17, 15) is 24.5 Å². The highest BCUT2D eigenvalue weighted by molar-refractivity contribution is 5.49. The standard InChI is InChI=1S/C9H11N3O5/c1-2-10-6-7(12(16)17)8(14)11(9(10)15)4-3-5-13/h5-6H,2-4H2,1H3. The summed E-state index contributed by atoms with van der Waals surface area (Å²) in [5.74, 6) is 0. The number of nitrogens with zero attached hydrogens (tertiary/aromatic N) is 3. The molecule has 17 heavy (non-hydrogen) atoms. The Hall–Kier alpha value is -2.25. The molecule has 0 saturated carbocycles. The van der Waals surface area contributed by atoms with Crippen LogP contribution in [0.1, 0.15) is 13.3 Å². The van der Waals surface area contributed by atoms with Gasteiger partial charge >= 0.3 is 16.9 Å². The zero-order chi connectivity index (χ0) is 13.0. The van der Waals surface area contributed by atoms with Crippen molar-refractivity contribution in [2.24, 2.45) is 0 Å². The summed E-state index contributed by atoms with van der Waals surface area (Å²) in [5.41, 5.74) is -2.30. The number of nitro groups is 1. The average molecular weight is 241 g/mol. The lowest BCUT2D eigenvalue weighted by molar-refractivity contribution is -0.387. The predicted molar refractivity (Wildman–Crippen MR) is 58.0 cm³/mol. The Balaban J connectivity index is 3.50. The number of rotatable bonds is 5. The Kier molecular flexibility index (Phi) is 3.91. The maximum Gasteiger partial charge on any atom is 0.350 e. The third-order valence-electron chi connectivity index (χ3n) is 2.23. The van der Waals surface area contributed by atoms with Gasteiger partial charge in [0.05, 0.1) is 11.1 Å². The Morgan fingerprint density at radius 2 is 2.12 bits per heavy atom. The number of aryl methyl sites for hydroxylation is 1. The SMILES string of the molecule is CCn1cc([N+](=O)[O-])c(=O)n(CCC=O)c1=O. The first-order valence-electron chi connectivity index (χ1n) is 4.95. The van der Waals surface area contributed by atoms with Crippen LogP contribution in [0.2, 0.25) is 0 Å². The maximum atomic E-state index is 11.7. The molecule has 8 nitrogen and oxygen atoms in total. The molecule has 8 heteroatoms. The molecule has 0 aliphatic heterocycles. The number of aldehydes is 1. The molecule has 1 aromatic heterocycles. The van der Waals surface area contributed by atoms with Crippen LogP contribution in [0.5, 0.6) is 0 Å². The molecule has 0 bridgehead atoms. The van der Waals surface area contributed by atoms with Gasteiger partial charge in [-0.05, 0) is 6.92 Å². The molecule has 0 radical (unpaired) electrons. The normalized spacial score (nSPS) is 10.2. The number of aromatic nitrogens is 2. The second-order valence-electron chi connectivity index (χ2n) is 3.25. The van der Waals surface area contributed by atoms with Crippen LogP contribution in [0.25, 0.3) is 0 Å². The highest BCUT2D eigenvalue weighted by Crippen LogP contribution is 2.00. The maximum absolute atomic E-state index is 11.7. The molecule has 0 saturated heterocycles. The lowest BCUT2D eigenvalue weighted by Crippen LogP contribution is -2.40. The largest absolute Gasteiger partial charge is 0.350 e. The Morgan fingerprint density at radius 1 is 1.47 bits per heavy atom. The van der Waals surface area contributed by atoms with Gasteiger partial charge in [0.2, 0.25) is 0 Å². The van der Waals surface area contributed by atoms with E-state index in [-0.39, 0.29) is 19.5 Å². The summed E-state index contributed by atoms with van der Waals surface area (Å²) >= 11 is 0. The van der Waals surface area contributed by atoms with E-state index in [1.807, 2.05) is 0 Å². The van der Waals surface area contributed by atoms with Crippen LogP contribution in [0.15, 0.2) is 15.8 Å². The summed E-state index contributed by atoms with van der Waals surface area (Å²) < 4.78 is 1.76. The van der Waals surface area contributed by atoms with Crippen LogP contribution >= 0.6 is 0 Å². The molecule has 1 aromatic rings. The van der Waals surface area contributed by atoms with Gasteiger partial charge in [0, 0.05) is 19.5 Å². The third kappa shape index (κ3) is 2.47. The van der Waals surface area contributed by atoms with Crippen molar-refractivity contribution in [3.8, 4) is 0 Å². The van der Waals surface area contributed by atoms with Crippen molar-refractivity contribution in [3.05, 3.63) is 37.1 Å². The van der Waals surface area contributed by atoms with Gasteiger partial charge in [0.25, 0.3) is 0 Å². The molecule has 0 fully saturated rings. The van der Waals surface area contributed by atoms with E-state index in [4.69, 9.17) is 0 Å². The van der Waals surface area contributed by atoms with Crippen molar-refractivity contribution < 1.29 is 9.72 Å². The molecule has 92 valence electrons. The smallest absolute Gasteiger partial charge is 0.303 e. The predicted octanol–water partition coefficient (Wildman–Crippen LogP) is -0.473. The lowest BCUT2D eigenvalue weighted by atomic mass is 10.4. The molecule has 0 aliphatic rings. The van der Waals surface area contributed by atoms with E-state index in [1.54, 1.807) is 6.92 Å². The first-order valence-corrected chi connectivity index (χ1v) is 4.95. The Labute approximate surface area is 95.3 Å². The fourth-order valence-electron chi connectivity index (χ4n) is 1.37. The molecule has 0 amide bonds. The van der Waals surface area contributed by atoms with Crippen molar-refractivity contribution in [2.45, 2.75) is 26.4 Å². The summed E-state index contributed by atoms with van der Waals surface area (Å²) in [7, 11) is 0. The van der Waals surface area contributed by atoms with Gasteiger partial charge in [0.1, 0.15) is 6.29 Å². The first-order chi connectivity index (χ1) is 8.02. The van der Waals surface area contributed by atoms with E-state index >= 15 is 0 Å². The van der Waals surface area contributed by atoms with E-state index in [0.29, 0.717) is 10.9 Å². The van der Waals surface area contributed by atoms with Crippen molar-refractivity contribution in [1.82, 2.24) is 9.13 Å². The molecule has 0 atom stereocenters. The van der Waals surface area contributed by atoms with Crippen molar-refractivity contribution >= 4 is 12.0 Å². The van der Waals surface area contributed by atoms with Crippen molar-refractivity contribution in [2.75, 3.05) is 0 Å². The van der Waals surface area contributed by atoms with Gasteiger partial charge in [0.15, 0.2) is 0 Å². The van der Waals surface area contributed by atoms with E-state index in [2.05, 4.69) is 0 Å². The first kappa shape index (κ1) is 12.8. The molecule has 0 aromatic carbocycles. The van der Waals surface area contributed by atoms with Gasteiger partial charge in [-0.15, -0.1) is 0 Å². The highest BCUT2D eigenvalue weighted by atomic mass is 16.6. The summed E-state index contributed by atoms with van der Waals surface area (Å²) in [6.07, 6.45) is 1.42. The van der Waals surface area contributed by atoms with Crippen LogP contribution in [-0.2, 0) is 17.9 Å². The highest BCUT2D eigenvalue weighted by Gasteiger charge is 2.18. The Morgan fingerprint density at radius 3 is 2.59 bits per heavy atom. The number of hydrogen-bond acceptors (Lipinski definition) is 5. The number of hydrogen-bond donors (Lipinski definition) is 0. The second kappa shape index (κ2) is 5.19. The average Bonchev–Trinajstić information content (AvgIpc) is 2.29. The van der Waals surface area contributed by atoms with Crippen LogP contribution in [-0.4, -0.2) is 20.3 Å². The fourth-order valence-corrected chi connectivity index (χ4v) is 1.37. The van der Waals surface area contributed by atoms with Gasteiger partial charge in [-0.1, -0.05) is 0 Å². The molecular weight excluding hydrogens is 230 g/mol. The summed E-state index contributed by atoms with van der Waals surface area (Å²) in [6.45, 7) is 1.68. The van der Waals surface area contributed by atoms with E-state index in [1.165, 1.54) is 0 Å². The van der Waals surface area contributed by atoms with Crippen molar-refractivity contribution in [3.63, 3.8) is 0 Å². The van der Waals surface area contributed by atoms with Crippen LogP contribution in [0.4, 0.5) is 5.69 Å². The van der Waals surface area contributed by atoms with Crippen LogP contribution in [0.3, 0.4) is 0 Å². The molecule has 1 rings (SSSR count). The topological polar surface area (TPSA) is 104 Å². The van der Waals surface area contributed by atoms with Gasteiger partial charge in [-0.3, -0.25) is 24.0 Å². The van der Waals surface area contributed by atoms with E-state index in [0.717, 1.165) is 10.8 Å². The zero-order valence-corrected chi connectivity index (χ0v) is 9.16. The van der Waals surface area contributed by atoms with Gasteiger partial charge in [-0.2, -0.15) is 0 Å². The van der Waals surface area contributed by atoms with Crippen molar-refractivity contribution in [1.29, 1.82) is 0 Å². The lowest BCUT2D eigenvalue weighted by Gasteiger charge is -2.06. The molecule has 0 spiro atoms. The monoisotopic (exact) mass is 241 g/mol. The minimum atomic E-state index is -0.980. The summed E-state index contributed by atoms with van der Waals surface area (Å²) in [5, 5.41) is 10.6. The molecule has 1 heterocycles. The minimum absolute atomic E-state index is 0.0416. The quantitative estimate of drug-likeness (QED) is 0.393. The molecule has 0 N–H and O–H groups in total. The van der Waals surface area contributed by atoms with Crippen LogP contribution in [0, 0.1) is 10.1 Å². The van der Waals surface area contributed by atoms with Gasteiger partial charge < -0.3 is 4.79 Å². The third-order valence-corrected chi connectivity index (χ3v) is 2.23. The zero-order valence-electron chi connectivity index (χ0n) is 9.16. The molecular formula is C9H11N3O5. The fraction of sp³-hybridized carbons (Fsp3) is 0.444. The van der Waals surface area contributed by atoms with Gasteiger partial charge in [-0.25, -0.2) is 4.79 Å². The Bertz CT molecular complexity index is 557. The van der Waals surface area contributed by atoms with E-state index < -0.39 is 21.9 Å². The number of carbonyl (C=O) groups excluding carboxylic acids is 1. The second-order valence-corrected chi connectivity index (χ2v) is 3.25. The molecule has 0 aliphatic carbocycles. The molecule has 0 unspecified atom stereocenters. The summed E-state index contributed by atoms with van der Waals surface area (Å²) in [6, 6.07) is 0. The summed E-state index contributed by atoms with van der Waals surface area (Å²) in [4.78, 5) is 43.3.